The maximum Gasteiger partial charge on any atom is 0.251 e. The molecule has 0 bridgehead atoms. The molecule has 0 aromatic heterocycles. The Bertz CT molecular complexity index is 633. The van der Waals surface area contributed by atoms with Crippen LogP contribution in [0.25, 0.3) is 0 Å². The van der Waals surface area contributed by atoms with Crippen molar-refractivity contribution in [3.8, 4) is 0 Å². The monoisotopic (exact) mass is 473 g/mol. The number of rotatable bonds is 5. The SMILES string of the molecule is CN=C(NCc1ccc(C(=O)NCC(N)=O)cc1)N1CCCC(C)C1.I. The van der Waals surface area contributed by atoms with E-state index in [1.54, 1.807) is 19.2 Å². The van der Waals surface area contributed by atoms with Crippen LogP contribution in [0.3, 0.4) is 0 Å². The number of likely N-dealkylation sites (tertiary alicyclic amines) is 1. The van der Waals surface area contributed by atoms with Crippen molar-refractivity contribution in [3.05, 3.63) is 35.4 Å². The third-order valence-electron chi connectivity index (χ3n) is 4.26. The van der Waals surface area contributed by atoms with Crippen molar-refractivity contribution in [2.75, 3.05) is 26.7 Å². The molecule has 2 rings (SSSR count). The van der Waals surface area contributed by atoms with Crippen LogP contribution < -0.4 is 16.4 Å². The maximum atomic E-state index is 11.8. The number of carbonyl (C=O) groups excluding carboxylic acids is 2. The standard InChI is InChI=1S/C18H27N5O2.HI/c1-13-4-3-9-23(12-13)18(20-2)22-10-14-5-7-15(8-6-14)17(25)21-11-16(19)24;/h5-8,13H,3-4,9-12H2,1-2H3,(H2,19,24)(H,20,22)(H,21,25);1H. The fourth-order valence-electron chi connectivity index (χ4n) is 2.94. The van der Waals surface area contributed by atoms with Crippen LogP contribution in [0.5, 0.6) is 0 Å². The first-order chi connectivity index (χ1) is 12.0. The highest BCUT2D eigenvalue weighted by Crippen LogP contribution is 2.15. The van der Waals surface area contributed by atoms with E-state index in [-0.39, 0.29) is 36.4 Å². The minimum atomic E-state index is -0.562. The van der Waals surface area contributed by atoms with Gasteiger partial charge in [-0.2, -0.15) is 0 Å². The summed E-state index contributed by atoms with van der Waals surface area (Å²) >= 11 is 0. The van der Waals surface area contributed by atoms with Gasteiger partial charge in [0, 0.05) is 32.2 Å². The minimum Gasteiger partial charge on any atom is -0.368 e. The van der Waals surface area contributed by atoms with Gasteiger partial charge < -0.3 is 21.3 Å². The van der Waals surface area contributed by atoms with Crippen molar-refractivity contribution in [2.45, 2.75) is 26.3 Å². The number of halogens is 1. The van der Waals surface area contributed by atoms with Gasteiger partial charge in [0.1, 0.15) is 0 Å². The van der Waals surface area contributed by atoms with Gasteiger partial charge in [-0.3, -0.25) is 14.6 Å². The molecule has 1 saturated heterocycles. The molecule has 1 aliphatic rings. The summed E-state index contributed by atoms with van der Waals surface area (Å²) in [6.45, 7) is 4.80. The van der Waals surface area contributed by atoms with Gasteiger partial charge in [-0.05, 0) is 36.5 Å². The normalized spacial score (nSPS) is 17.2. The summed E-state index contributed by atoms with van der Waals surface area (Å²) in [4.78, 5) is 29.2. The zero-order valence-electron chi connectivity index (χ0n) is 15.3. The summed E-state index contributed by atoms with van der Waals surface area (Å²) in [5, 5.41) is 5.85. The van der Waals surface area contributed by atoms with E-state index >= 15 is 0 Å². The summed E-state index contributed by atoms with van der Waals surface area (Å²) < 4.78 is 0. The quantitative estimate of drug-likeness (QED) is 0.341. The van der Waals surface area contributed by atoms with Crippen LogP contribution in [-0.4, -0.2) is 49.4 Å². The highest BCUT2D eigenvalue weighted by atomic mass is 127. The van der Waals surface area contributed by atoms with E-state index in [2.05, 4.69) is 27.4 Å². The Kier molecular flexibility index (Phi) is 9.39. The Morgan fingerprint density at radius 1 is 1.27 bits per heavy atom. The largest absolute Gasteiger partial charge is 0.368 e. The molecule has 7 nitrogen and oxygen atoms in total. The number of nitrogens with one attached hydrogen (secondary N) is 2. The second-order valence-corrected chi connectivity index (χ2v) is 6.44. The van der Waals surface area contributed by atoms with E-state index < -0.39 is 5.91 Å². The predicted octanol–water partition coefficient (Wildman–Crippen LogP) is 1.33. The van der Waals surface area contributed by atoms with E-state index in [4.69, 9.17) is 5.73 Å². The van der Waals surface area contributed by atoms with Crippen LogP contribution in [0.2, 0.25) is 0 Å². The number of piperidine rings is 1. The van der Waals surface area contributed by atoms with Crippen molar-refractivity contribution in [2.24, 2.45) is 16.6 Å². The molecule has 8 heteroatoms. The molecule has 0 spiro atoms. The predicted molar refractivity (Wildman–Crippen MR) is 114 cm³/mol. The van der Waals surface area contributed by atoms with Crippen molar-refractivity contribution in [1.82, 2.24) is 15.5 Å². The molecule has 1 aromatic carbocycles. The smallest absolute Gasteiger partial charge is 0.251 e. The summed E-state index contributed by atoms with van der Waals surface area (Å²) in [5.41, 5.74) is 6.57. The molecule has 4 N–H and O–H groups in total. The average Bonchev–Trinajstić information content (AvgIpc) is 2.61. The number of aliphatic imine (C=N–C) groups is 1. The Morgan fingerprint density at radius 3 is 2.54 bits per heavy atom. The average molecular weight is 473 g/mol. The van der Waals surface area contributed by atoms with Gasteiger partial charge in [-0.1, -0.05) is 19.1 Å². The van der Waals surface area contributed by atoms with Gasteiger partial charge in [-0.15, -0.1) is 24.0 Å². The lowest BCUT2D eigenvalue weighted by molar-refractivity contribution is -0.117. The molecule has 26 heavy (non-hydrogen) atoms. The second kappa shape index (κ2) is 11.0. The lowest BCUT2D eigenvalue weighted by Crippen LogP contribution is -2.45. The molecule has 0 saturated carbocycles. The molecule has 144 valence electrons. The molecule has 1 atom stereocenters. The van der Waals surface area contributed by atoms with Gasteiger partial charge in [0.15, 0.2) is 5.96 Å². The first-order valence-corrected chi connectivity index (χ1v) is 8.60. The van der Waals surface area contributed by atoms with Crippen LogP contribution in [0.1, 0.15) is 35.7 Å². The van der Waals surface area contributed by atoms with Gasteiger partial charge in [0.2, 0.25) is 5.91 Å². The number of primary amides is 1. The van der Waals surface area contributed by atoms with Gasteiger partial charge in [-0.25, -0.2) is 0 Å². The number of hydrogen-bond acceptors (Lipinski definition) is 3. The van der Waals surface area contributed by atoms with Crippen molar-refractivity contribution < 1.29 is 9.59 Å². The fourth-order valence-corrected chi connectivity index (χ4v) is 2.94. The number of benzene rings is 1. The molecule has 1 aliphatic heterocycles. The molecule has 0 aliphatic carbocycles. The lowest BCUT2D eigenvalue weighted by atomic mass is 10.0. The Labute approximate surface area is 171 Å². The van der Waals surface area contributed by atoms with Crippen LogP contribution in [0.4, 0.5) is 0 Å². The van der Waals surface area contributed by atoms with Crippen molar-refractivity contribution in [3.63, 3.8) is 0 Å². The summed E-state index contributed by atoms with van der Waals surface area (Å²) in [5.74, 6) is 0.726. The molecule has 2 amide bonds. The Hall–Kier alpha value is -1.84. The van der Waals surface area contributed by atoms with E-state index in [1.165, 1.54) is 12.8 Å². The number of guanidine groups is 1. The van der Waals surface area contributed by atoms with E-state index in [1.807, 2.05) is 12.1 Å². The highest BCUT2D eigenvalue weighted by Gasteiger charge is 2.19. The Morgan fingerprint density at radius 2 is 1.96 bits per heavy atom. The topological polar surface area (TPSA) is 99.8 Å². The fraction of sp³-hybridized carbons (Fsp3) is 0.500. The minimum absolute atomic E-state index is 0. The molecular weight excluding hydrogens is 445 g/mol. The first kappa shape index (κ1) is 22.2. The molecule has 0 radical (unpaired) electrons. The van der Waals surface area contributed by atoms with Gasteiger partial charge in [0.25, 0.3) is 5.91 Å². The number of hydrogen-bond donors (Lipinski definition) is 3. The third-order valence-corrected chi connectivity index (χ3v) is 4.26. The Balaban J connectivity index is 0.00000338. The summed E-state index contributed by atoms with van der Waals surface area (Å²) in [6.07, 6.45) is 2.46. The summed E-state index contributed by atoms with van der Waals surface area (Å²) in [6, 6.07) is 7.24. The van der Waals surface area contributed by atoms with Gasteiger partial charge in [0.05, 0.1) is 6.54 Å². The first-order valence-electron chi connectivity index (χ1n) is 8.60. The van der Waals surface area contributed by atoms with Crippen LogP contribution in [-0.2, 0) is 11.3 Å². The highest BCUT2D eigenvalue weighted by molar-refractivity contribution is 14.0. The number of nitrogens with two attached hydrogens (primary N) is 1. The number of nitrogens with zero attached hydrogens (tertiary/aromatic N) is 2. The lowest BCUT2D eigenvalue weighted by Gasteiger charge is -2.33. The third kappa shape index (κ3) is 6.81. The molecular formula is C18H28IN5O2. The van der Waals surface area contributed by atoms with Crippen LogP contribution in [0, 0.1) is 5.92 Å². The maximum absolute atomic E-state index is 11.8. The molecule has 1 unspecified atom stereocenters. The molecule has 1 fully saturated rings. The van der Waals surface area contributed by atoms with Crippen LogP contribution >= 0.6 is 24.0 Å². The zero-order chi connectivity index (χ0) is 18.2. The van der Waals surface area contributed by atoms with Crippen molar-refractivity contribution in [1.29, 1.82) is 0 Å². The number of carbonyl (C=O) groups is 2. The molecule has 1 aromatic rings. The van der Waals surface area contributed by atoms with E-state index in [9.17, 15) is 9.59 Å². The second-order valence-electron chi connectivity index (χ2n) is 6.44. The van der Waals surface area contributed by atoms with Crippen molar-refractivity contribution >= 4 is 41.8 Å². The zero-order valence-corrected chi connectivity index (χ0v) is 17.7. The van der Waals surface area contributed by atoms with Gasteiger partial charge >= 0.3 is 0 Å². The van der Waals surface area contributed by atoms with E-state index in [0.29, 0.717) is 18.0 Å². The van der Waals surface area contributed by atoms with Crippen LogP contribution in [0.15, 0.2) is 29.3 Å². The summed E-state index contributed by atoms with van der Waals surface area (Å²) in [7, 11) is 1.80. The van der Waals surface area contributed by atoms with E-state index in [0.717, 1.165) is 24.6 Å². The molecule has 1 heterocycles. The number of amides is 2.